The molecule has 5 amide bonds. The van der Waals surface area contributed by atoms with Crippen LogP contribution < -0.4 is 37.4 Å². The molecule has 0 saturated carbocycles. The van der Waals surface area contributed by atoms with Crippen LogP contribution in [0.1, 0.15) is 92.7 Å². The summed E-state index contributed by atoms with van der Waals surface area (Å²) in [4.78, 5) is 84.1. The van der Waals surface area contributed by atoms with Gasteiger partial charge in [-0.2, -0.15) is 0 Å². The maximum Gasteiger partial charge on any atom is 0.325 e. The lowest BCUT2D eigenvalue weighted by molar-refractivity contribution is -0.155. The first-order valence-corrected chi connectivity index (χ1v) is 23.2. The Balaban J connectivity index is 1.12. The average molecular weight is 922 g/mol. The normalized spacial score (nSPS) is 14.1. The molecule has 0 fully saturated rings. The van der Waals surface area contributed by atoms with Crippen LogP contribution in [0.4, 0.5) is 0 Å². The smallest absolute Gasteiger partial charge is 0.325 e. The minimum absolute atomic E-state index is 0.0332. The monoisotopic (exact) mass is 921 g/mol. The van der Waals surface area contributed by atoms with Crippen LogP contribution in [0.25, 0.3) is 11.1 Å². The number of benzene rings is 5. The van der Waals surface area contributed by atoms with E-state index in [1.807, 2.05) is 84.9 Å². The predicted molar refractivity (Wildman–Crippen MR) is 262 cm³/mol. The Morgan fingerprint density at radius 2 is 0.956 bits per heavy atom. The van der Waals surface area contributed by atoms with Gasteiger partial charge < -0.3 is 31.4 Å². The quantitative estimate of drug-likeness (QED) is 0.0269. The summed E-state index contributed by atoms with van der Waals surface area (Å²) in [6.45, 7) is 8.51. The second kappa shape index (κ2) is 23.5. The highest BCUT2D eigenvalue weighted by Crippen LogP contribution is 2.46. The SMILES string of the molecule is CNC(=O)[C@H](C)NC(=O)[C@H](C)NC(=O)[C@H](C)NC(=O)[C@H](C)NC(=O)[C@H](CCCCNC(c1ccccc1)(c1ccccc1)c1ccc(C)cc1)NOC(=O)CC1c2ccccc2-c2ccccc21. The van der Waals surface area contributed by atoms with E-state index in [9.17, 15) is 28.8 Å². The fraction of sp³-hybridized carbons (Fsp3) is 0.333. The van der Waals surface area contributed by atoms with Crippen molar-refractivity contribution < 1.29 is 33.6 Å². The molecule has 0 spiro atoms. The Labute approximate surface area is 398 Å². The first-order valence-electron chi connectivity index (χ1n) is 23.2. The maximum atomic E-state index is 14.0. The number of hydrogen-bond acceptors (Lipinski definition) is 9. The van der Waals surface area contributed by atoms with Gasteiger partial charge in [-0.3, -0.25) is 34.1 Å². The number of carbonyl (C=O) groups excluding carboxylic acids is 6. The fourth-order valence-electron chi connectivity index (χ4n) is 8.61. The molecular formula is C54H63N7O7. The van der Waals surface area contributed by atoms with Gasteiger partial charge in [0, 0.05) is 13.0 Å². The predicted octanol–water partition coefficient (Wildman–Crippen LogP) is 5.43. The third-order valence-electron chi connectivity index (χ3n) is 12.4. The molecule has 5 atom stereocenters. The molecule has 1 aliphatic rings. The van der Waals surface area contributed by atoms with E-state index < -0.39 is 71.3 Å². The minimum atomic E-state index is -1.10. The Kier molecular flexibility index (Phi) is 17.4. The molecule has 0 aromatic heterocycles. The first kappa shape index (κ1) is 50.3. The first-order chi connectivity index (χ1) is 32.7. The number of hydroxylamine groups is 1. The summed E-state index contributed by atoms with van der Waals surface area (Å²) >= 11 is 0. The van der Waals surface area contributed by atoms with Crippen molar-refractivity contribution in [2.75, 3.05) is 13.6 Å². The van der Waals surface area contributed by atoms with E-state index in [0.717, 1.165) is 44.5 Å². The van der Waals surface area contributed by atoms with Crippen molar-refractivity contribution in [2.24, 2.45) is 0 Å². The van der Waals surface area contributed by atoms with Crippen LogP contribution in [0, 0.1) is 6.92 Å². The zero-order chi connectivity index (χ0) is 48.8. The molecule has 0 heterocycles. The summed E-state index contributed by atoms with van der Waals surface area (Å²) in [6, 6.07) is 39.9. The van der Waals surface area contributed by atoms with Gasteiger partial charge in [0.15, 0.2) is 0 Å². The van der Waals surface area contributed by atoms with Gasteiger partial charge in [0.25, 0.3) is 0 Å². The second-order valence-corrected chi connectivity index (χ2v) is 17.4. The summed E-state index contributed by atoms with van der Waals surface area (Å²) in [5.41, 5.74) is 10.6. The van der Waals surface area contributed by atoms with Crippen LogP contribution in [0.5, 0.6) is 0 Å². The molecule has 356 valence electrons. The number of likely N-dealkylation sites (N-methyl/N-ethyl adjacent to an activating group) is 1. The molecule has 14 nitrogen and oxygen atoms in total. The van der Waals surface area contributed by atoms with Crippen molar-refractivity contribution >= 4 is 35.5 Å². The molecule has 0 saturated heterocycles. The summed E-state index contributed by atoms with van der Waals surface area (Å²) < 4.78 is 0. The van der Waals surface area contributed by atoms with Crippen molar-refractivity contribution in [2.45, 2.75) is 102 Å². The number of unbranched alkanes of at least 4 members (excludes halogenated alkanes) is 1. The highest BCUT2D eigenvalue weighted by atomic mass is 16.7. The molecule has 0 bridgehead atoms. The van der Waals surface area contributed by atoms with Crippen LogP contribution in [0.3, 0.4) is 0 Å². The zero-order valence-electron chi connectivity index (χ0n) is 39.6. The van der Waals surface area contributed by atoms with Gasteiger partial charge in [-0.1, -0.05) is 139 Å². The van der Waals surface area contributed by atoms with Crippen molar-refractivity contribution in [3.05, 3.63) is 167 Å². The maximum absolute atomic E-state index is 14.0. The van der Waals surface area contributed by atoms with Crippen molar-refractivity contribution in [1.29, 1.82) is 0 Å². The van der Waals surface area contributed by atoms with Crippen LogP contribution >= 0.6 is 0 Å². The van der Waals surface area contributed by atoms with E-state index in [4.69, 9.17) is 4.84 Å². The lowest BCUT2D eigenvalue weighted by Crippen LogP contribution is -2.57. The zero-order valence-corrected chi connectivity index (χ0v) is 39.6. The van der Waals surface area contributed by atoms with Crippen LogP contribution in [0.2, 0.25) is 0 Å². The molecule has 14 heteroatoms. The Hall–Kier alpha value is -7.16. The van der Waals surface area contributed by atoms with Gasteiger partial charge in [-0.25, -0.2) is 0 Å². The standard InChI is InChI=1S/C54H63N7O7/c1-34-28-30-41(31-29-34)54(39-19-9-7-10-20-39,40-21-11-8-12-22-40)56-32-18-17-27-47(61-68-48(62)33-46-44-25-15-13-23-42(44)43-24-14-16-26-45(43)46)53(67)60-38(5)52(66)59-37(4)51(65)58-36(3)50(64)57-35(2)49(63)55-6/h7-16,19-26,28-31,35-38,46-47,56,61H,17-18,27,32-33H2,1-6H3,(H,55,63)(H,57,64)(H,58,65)(H,59,66)(H,60,67)/t35-,36-,37-,38-,47-/m0/s1. The summed E-state index contributed by atoms with van der Waals surface area (Å²) in [5.74, 6) is -3.65. The van der Waals surface area contributed by atoms with Gasteiger partial charge in [0.05, 0.1) is 12.0 Å². The van der Waals surface area contributed by atoms with Crippen LogP contribution in [-0.2, 0) is 39.1 Å². The van der Waals surface area contributed by atoms with E-state index in [2.05, 4.69) is 92.8 Å². The molecule has 0 radical (unpaired) electrons. The topological polar surface area (TPSA) is 196 Å². The summed E-state index contributed by atoms with van der Waals surface area (Å²) in [6.07, 6.45) is 1.44. The number of hydrogen-bond donors (Lipinski definition) is 7. The van der Waals surface area contributed by atoms with Gasteiger partial charge in [0.1, 0.15) is 30.2 Å². The fourth-order valence-corrected chi connectivity index (χ4v) is 8.61. The lowest BCUT2D eigenvalue weighted by atomic mass is 9.76. The Bertz CT molecular complexity index is 2450. The number of fused-ring (bicyclic) bond motifs is 3. The molecule has 1 aliphatic carbocycles. The number of rotatable bonds is 22. The van der Waals surface area contributed by atoms with Crippen molar-refractivity contribution in [3.63, 3.8) is 0 Å². The van der Waals surface area contributed by atoms with E-state index >= 15 is 0 Å². The summed E-state index contributed by atoms with van der Waals surface area (Å²) in [7, 11) is 1.45. The third kappa shape index (κ3) is 12.2. The molecule has 0 aliphatic heterocycles. The highest BCUT2D eigenvalue weighted by molar-refractivity contribution is 5.95. The van der Waals surface area contributed by atoms with Crippen LogP contribution in [-0.4, -0.2) is 79.3 Å². The number of aryl methyl sites for hydroxylation is 1. The largest absolute Gasteiger partial charge is 0.370 e. The molecule has 68 heavy (non-hydrogen) atoms. The van der Waals surface area contributed by atoms with Gasteiger partial charge in [-0.15, -0.1) is 5.48 Å². The third-order valence-corrected chi connectivity index (χ3v) is 12.4. The van der Waals surface area contributed by atoms with Crippen LogP contribution in [0.15, 0.2) is 133 Å². The second-order valence-electron chi connectivity index (χ2n) is 17.4. The lowest BCUT2D eigenvalue weighted by Gasteiger charge is -2.37. The highest BCUT2D eigenvalue weighted by Gasteiger charge is 2.36. The Morgan fingerprint density at radius 1 is 0.529 bits per heavy atom. The van der Waals surface area contributed by atoms with E-state index in [1.165, 1.54) is 34.7 Å². The minimum Gasteiger partial charge on any atom is -0.370 e. The molecule has 5 aromatic carbocycles. The summed E-state index contributed by atoms with van der Waals surface area (Å²) in [5, 5.41) is 16.7. The molecule has 0 unspecified atom stereocenters. The number of amides is 5. The molecular weight excluding hydrogens is 859 g/mol. The van der Waals surface area contributed by atoms with Gasteiger partial charge >= 0.3 is 5.97 Å². The van der Waals surface area contributed by atoms with Crippen molar-refractivity contribution in [3.8, 4) is 11.1 Å². The van der Waals surface area contributed by atoms with Crippen molar-refractivity contribution in [1.82, 2.24) is 37.4 Å². The molecule has 6 rings (SSSR count). The Morgan fingerprint density at radius 3 is 1.44 bits per heavy atom. The average Bonchev–Trinajstić information content (AvgIpc) is 3.66. The van der Waals surface area contributed by atoms with E-state index in [1.54, 1.807) is 0 Å². The van der Waals surface area contributed by atoms with E-state index in [-0.39, 0.29) is 18.8 Å². The van der Waals surface area contributed by atoms with Gasteiger partial charge in [0.2, 0.25) is 29.5 Å². The molecule has 7 N–H and O–H groups in total. The number of nitrogens with one attached hydrogen (secondary N) is 7. The van der Waals surface area contributed by atoms with Gasteiger partial charge in [-0.05, 0) is 99.4 Å². The molecule has 5 aromatic rings. The van der Waals surface area contributed by atoms with E-state index in [0.29, 0.717) is 19.4 Å². The number of carbonyl (C=O) groups is 6.